The van der Waals surface area contributed by atoms with Gasteiger partial charge in [0, 0.05) is 11.8 Å². The van der Waals surface area contributed by atoms with E-state index in [-0.39, 0.29) is 34.8 Å². The number of ether oxygens (including phenoxy) is 1. The molecule has 2 aromatic carbocycles. The minimum atomic E-state index is -1.26. The van der Waals surface area contributed by atoms with Gasteiger partial charge in [-0.25, -0.2) is 19.0 Å². The molecular formula is C30H29FN2O6. The maximum absolute atomic E-state index is 13.6. The van der Waals surface area contributed by atoms with Crippen molar-refractivity contribution in [1.82, 2.24) is 10.3 Å². The first-order chi connectivity index (χ1) is 18.7. The molecule has 0 bridgehead atoms. The summed E-state index contributed by atoms with van der Waals surface area (Å²) >= 11 is 0. The lowest BCUT2D eigenvalue weighted by Crippen LogP contribution is -2.43. The SMILES string of the molecule is CC.COC(=O)C(Cc1ccc(O)cc1)NC(=O)c1cc(C(=O)O)c2cc(C3=CCC=C(F)C=C3)ccc2n1. The highest BCUT2D eigenvalue weighted by Crippen LogP contribution is 2.27. The lowest BCUT2D eigenvalue weighted by Gasteiger charge is -2.17. The number of phenolic OH excluding ortho intramolecular Hbond substituents is 1. The summed E-state index contributed by atoms with van der Waals surface area (Å²) in [6.07, 6.45) is 6.67. The van der Waals surface area contributed by atoms with Gasteiger partial charge in [-0.1, -0.05) is 44.2 Å². The van der Waals surface area contributed by atoms with Gasteiger partial charge >= 0.3 is 11.9 Å². The highest BCUT2D eigenvalue weighted by Gasteiger charge is 2.25. The number of hydrogen-bond donors (Lipinski definition) is 3. The zero-order valence-corrected chi connectivity index (χ0v) is 21.8. The van der Waals surface area contributed by atoms with E-state index in [0.717, 1.165) is 11.6 Å². The monoisotopic (exact) mass is 532 g/mol. The summed E-state index contributed by atoms with van der Waals surface area (Å²) in [5.74, 6) is -3.00. The Hall–Kier alpha value is -4.79. The van der Waals surface area contributed by atoms with Crippen LogP contribution < -0.4 is 5.32 Å². The number of methoxy groups -OCH3 is 1. The molecule has 0 radical (unpaired) electrons. The van der Waals surface area contributed by atoms with E-state index in [0.29, 0.717) is 22.9 Å². The van der Waals surface area contributed by atoms with Gasteiger partial charge in [0.15, 0.2) is 0 Å². The number of hydrogen-bond acceptors (Lipinski definition) is 6. The van der Waals surface area contributed by atoms with Crippen LogP contribution in [0.25, 0.3) is 16.5 Å². The number of pyridine rings is 1. The molecule has 1 heterocycles. The normalized spacial score (nSPS) is 13.2. The molecule has 0 spiro atoms. The van der Waals surface area contributed by atoms with Crippen LogP contribution in [0.3, 0.4) is 0 Å². The van der Waals surface area contributed by atoms with Gasteiger partial charge in [0.2, 0.25) is 0 Å². The first-order valence-corrected chi connectivity index (χ1v) is 12.3. The second-order valence-electron chi connectivity index (χ2n) is 8.33. The highest BCUT2D eigenvalue weighted by molar-refractivity contribution is 6.07. The zero-order chi connectivity index (χ0) is 28.5. The number of esters is 1. The van der Waals surface area contributed by atoms with Gasteiger partial charge in [0.1, 0.15) is 23.3 Å². The first kappa shape index (κ1) is 28.8. The van der Waals surface area contributed by atoms with Crippen LogP contribution in [0.1, 0.15) is 52.2 Å². The zero-order valence-electron chi connectivity index (χ0n) is 21.8. The van der Waals surface area contributed by atoms with Crippen molar-refractivity contribution < 1.29 is 33.7 Å². The van der Waals surface area contributed by atoms with E-state index in [2.05, 4.69) is 10.3 Å². The Labute approximate surface area is 225 Å². The van der Waals surface area contributed by atoms with Crippen LogP contribution in [-0.2, 0) is 16.0 Å². The number of allylic oxidation sites excluding steroid dienone is 6. The number of aromatic hydroxyl groups is 1. The van der Waals surface area contributed by atoms with Crippen molar-refractivity contribution in [1.29, 1.82) is 0 Å². The van der Waals surface area contributed by atoms with Crippen molar-refractivity contribution in [3.63, 3.8) is 0 Å². The van der Waals surface area contributed by atoms with Crippen LogP contribution in [-0.4, -0.2) is 46.2 Å². The standard InChI is InChI=1S/C28H23FN2O6.C2H6/c1-37-28(36)25(13-16-5-10-20(32)11-6-16)31-26(33)24-15-22(27(34)35)21-14-18(8-12-23(21)30-24)17-3-2-4-19(29)9-7-17;1-2/h3-12,14-15,25,32H,2,13H2,1H3,(H,31,33)(H,34,35);1-2H3. The maximum Gasteiger partial charge on any atom is 0.336 e. The molecule has 202 valence electrons. The Morgan fingerprint density at radius 3 is 2.44 bits per heavy atom. The molecule has 1 aliphatic rings. The molecule has 1 aliphatic carbocycles. The van der Waals surface area contributed by atoms with Crippen LogP contribution in [0.15, 0.2) is 78.7 Å². The number of amides is 1. The van der Waals surface area contributed by atoms with E-state index in [1.807, 2.05) is 19.9 Å². The average Bonchev–Trinajstić information content (AvgIpc) is 3.17. The lowest BCUT2D eigenvalue weighted by molar-refractivity contribution is -0.142. The van der Waals surface area contributed by atoms with Crippen molar-refractivity contribution in [3.8, 4) is 5.75 Å². The summed E-state index contributed by atoms with van der Waals surface area (Å²) in [6, 6.07) is 11.1. The molecule has 1 amide bonds. The molecule has 39 heavy (non-hydrogen) atoms. The van der Waals surface area contributed by atoms with Crippen molar-refractivity contribution in [2.45, 2.75) is 32.7 Å². The van der Waals surface area contributed by atoms with Crippen molar-refractivity contribution in [2.24, 2.45) is 0 Å². The molecular weight excluding hydrogens is 503 g/mol. The number of halogens is 1. The molecule has 0 fully saturated rings. The molecule has 1 aromatic heterocycles. The number of phenols is 1. The third kappa shape index (κ3) is 7.16. The van der Waals surface area contributed by atoms with Crippen LogP contribution in [0.5, 0.6) is 5.75 Å². The molecule has 3 N–H and O–H groups in total. The van der Waals surface area contributed by atoms with Crippen molar-refractivity contribution in [2.75, 3.05) is 7.11 Å². The molecule has 1 atom stereocenters. The average molecular weight is 533 g/mol. The summed E-state index contributed by atoms with van der Waals surface area (Å²) in [7, 11) is 1.19. The van der Waals surface area contributed by atoms with Gasteiger partial charge in [-0.2, -0.15) is 0 Å². The van der Waals surface area contributed by atoms with Gasteiger partial charge in [-0.3, -0.25) is 4.79 Å². The summed E-state index contributed by atoms with van der Waals surface area (Å²) in [6.45, 7) is 4.00. The topological polar surface area (TPSA) is 126 Å². The van der Waals surface area contributed by atoms with Gasteiger partial charge in [-0.15, -0.1) is 0 Å². The van der Waals surface area contributed by atoms with Crippen LogP contribution >= 0.6 is 0 Å². The fourth-order valence-corrected chi connectivity index (χ4v) is 3.95. The number of aromatic nitrogens is 1. The number of carboxylic acids is 1. The Balaban J connectivity index is 0.00000205. The maximum atomic E-state index is 13.6. The first-order valence-electron chi connectivity index (χ1n) is 12.3. The van der Waals surface area contributed by atoms with E-state index >= 15 is 0 Å². The van der Waals surface area contributed by atoms with Crippen LogP contribution in [0.2, 0.25) is 0 Å². The quantitative estimate of drug-likeness (QED) is 0.349. The number of nitrogens with zero attached hydrogens (tertiary/aromatic N) is 1. The summed E-state index contributed by atoms with van der Waals surface area (Å²) in [5, 5.41) is 22.2. The summed E-state index contributed by atoms with van der Waals surface area (Å²) in [4.78, 5) is 41.8. The Morgan fingerprint density at radius 2 is 1.77 bits per heavy atom. The van der Waals surface area contributed by atoms with Crippen molar-refractivity contribution in [3.05, 3.63) is 101 Å². The summed E-state index contributed by atoms with van der Waals surface area (Å²) in [5.41, 5.74) is 2.00. The lowest BCUT2D eigenvalue weighted by atomic mass is 9.99. The third-order valence-electron chi connectivity index (χ3n) is 5.84. The number of nitrogens with one attached hydrogen (secondary N) is 1. The van der Waals surface area contributed by atoms with Gasteiger partial charge in [-0.05, 0) is 65.6 Å². The number of aromatic carboxylic acids is 1. The predicted molar refractivity (Wildman–Crippen MR) is 146 cm³/mol. The Bertz CT molecular complexity index is 1470. The van der Waals surface area contributed by atoms with Gasteiger partial charge in [0.25, 0.3) is 5.91 Å². The Morgan fingerprint density at radius 1 is 1.05 bits per heavy atom. The molecule has 1 unspecified atom stereocenters. The molecule has 0 saturated heterocycles. The molecule has 3 aromatic rings. The second kappa shape index (κ2) is 13.1. The number of carbonyl (C=O) groups excluding carboxylic acids is 2. The fourth-order valence-electron chi connectivity index (χ4n) is 3.95. The van der Waals surface area contributed by atoms with E-state index in [1.165, 1.54) is 31.4 Å². The minimum absolute atomic E-state index is 0.0577. The van der Waals surface area contributed by atoms with Gasteiger partial charge < -0.3 is 20.3 Å². The van der Waals surface area contributed by atoms with E-state index in [1.54, 1.807) is 36.4 Å². The molecule has 8 nitrogen and oxygen atoms in total. The number of rotatable bonds is 7. The highest BCUT2D eigenvalue weighted by atomic mass is 19.1. The Kier molecular flexibility index (Phi) is 9.69. The number of carboxylic acid groups (broad SMARTS) is 1. The number of fused-ring (bicyclic) bond motifs is 1. The second-order valence-corrected chi connectivity index (χ2v) is 8.33. The number of carbonyl (C=O) groups is 3. The van der Waals surface area contributed by atoms with E-state index < -0.39 is 23.9 Å². The van der Waals surface area contributed by atoms with Crippen LogP contribution in [0, 0.1) is 0 Å². The number of benzene rings is 2. The van der Waals surface area contributed by atoms with Crippen molar-refractivity contribution >= 4 is 34.3 Å². The molecule has 0 saturated carbocycles. The molecule has 4 rings (SSSR count). The summed E-state index contributed by atoms with van der Waals surface area (Å²) < 4.78 is 18.4. The molecule has 9 heteroatoms. The largest absolute Gasteiger partial charge is 0.508 e. The fraction of sp³-hybridized carbons (Fsp3) is 0.200. The van der Waals surface area contributed by atoms with E-state index in [4.69, 9.17) is 4.74 Å². The third-order valence-corrected chi connectivity index (χ3v) is 5.84. The van der Waals surface area contributed by atoms with Crippen LogP contribution in [0.4, 0.5) is 4.39 Å². The smallest absolute Gasteiger partial charge is 0.336 e. The van der Waals surface area contributed by atoms with E-state index in [9.17, 15) is 29.0 Å². The minimum Gasteiger partial charge on any atom is -0.508 e. The molecule has 0 aliphatic heterocycles. The predicted octanol–water partition coefficient (Wildman–Crippen LogP) is 5.38. The van der Waals surface area contributed by atoms with Gasteiger partial charge in [0.05, 0.1) is 18.2 Å².